The second-order valence-electron chi connectivity index (χ2n) is 5.74. The lowest BCUT2D eigenvalue weighted by atomic mass is 10.2. The van der Waals surface area contributed by atoms with Crippen molar-refractivity contribution in [3.63, 3.8) is 0 Å². The molecule has 0 bridgehead atoms. The van der Waals surface area contributed by atoms with E-state index in [1.54, 1.807) is 12.1 Å². The molecule has 2 aromatic rings. The summed E-state index contributed by atoms with van der Waals surface area (Å²) in [7, 11) is -6.02. The van der Waals surface area contributed by atoms with E-state index in [1.807, 2.05) is 0 Å². The van der Waals surface area contributed by atoms with Gasteiger partial charge >= 0.3 is 6.18 Å². The number of rotatable bonds is 6. The minimum atomic E-state index is -4.55. The third-order valence-corrected chi connectivity index (χ3v) is 6.38. The number of nitrogens with one attached hydrogen (secondary N) is 1. The van der Waals surface area contributed by atoms with Gasteiger partial charge in [-0.25, -0.2) is 21.6 Å². The van der Waals surface area contributed by atoms with Crippen LogP contribution in [0, 0.1) is 0 Å². The molecule has 0 unspecified atom stereocenters. The third-order valence-electron chi connectivity index (χ3n) is 3.76. The Morgan fingerprint density at radius 3 is 1.89 bits per heavy atom. The van der Waals surface area contributed by atoms with Crippen LogP contribution in [-0.4, -0.2) is 30.1 Å². The molecule has 1 N–H and O–H groups in total. The Balaban J connectivity index is 2.09. The maximum atomic E-state index is 12.5. The van der Waals surface area contributed by atoms with Gasteiger partial charge in [0.05, 0.1) is 22.4 Å². The van der Waals surface area contributed by atoms with Gasteiger partial charge in [-0.2, -0.15) is 13.2 Å². The fraction of sp³-hybridized carbons (Fsp3) is 0.250. The van der Waals surface area contributed by atoms with Gasteiger partial charge in [0.15, 0.2) is 0 Å². The topological polar surface area (TPSA) is 83.6 Å². The Bertz CT molecular complexity index is 1000. The Kier molecular flexibility index (Phi) is 5.88. The Labute approximate surface area is 155 Å². The first kappa shape index (κ1) is 21.2. The third kappa shape index (κ3) is 5.44. The Morgan fingerprint density at radius 2 is 1.44 bits per heavy atom. The van der Waals surface area contributed by atoms with Gasteiger partial charge in [0, 0.05) is 13.6 Å². The van der Waals surface area contributed by atoms with E-state index in [1.165, 1.54) is 19.2 Å². The summed E-state index contributed by atoms with van der Waals surface area (Å²) in [6.45, 7) is -0.105. The molecule has 0 aliphatic carbocycles. The van der Waals surface area contributed by atoms with E-state index < -0.39 is 31.8 Å². The number of anilines is 1. The van der Waals surface area contributed by atoms with Gasteiger partial charge in [0.2, 0.25) is 20.0 Å². The zero-order chi connectivity index (χ0) is 20.5. The van der Waals surface area contributed by atoms with Gasteiger partial charge in [-0.3, -0.25) is 4.31 Å². The van der Waals surface area contributed by atoms with Crippen molar-refractivity contribution in [1.82, 2.24) is 4.72 Å². The number of hydrogen-bond donors (Lipinski definition) is 1. The molecular weight excluding hydrogens is 405 g/mol. The molecule has 0 spiro atoms. The quantitative estimate of drug-likeness (QED) is 0.776. The summed E-state index contributed by atoms with van der Waals surface area (Å²) in [5, 5.41) is 0. The number of nitrogens with zero attached hydrogens (tertiary/aromatic N) is 1. The number of benzene rings is 2. The molecule has 0 saturated heterocycles. The minimum Gasteiger partial charge on any atom is -0.274 e. The van der Waals surface area contributed by atoms with E-state index in [-0.39, 0.29) is 11.4 Å². The van der Waals surface area contributed by atoms with Crippen LogP contribution < -0.4 is 9.03 Å². The fourth-order valence-corrected chi connectivity index (χ4v) is 3.62. The summed E-state index contributed by atoms with van der Waals surface area (Å²) in [5.41, 5.74) is 0.0232. The van der Waals surface area contributed by atoms with Gasteiger partial charge in [-0.1, -0.05) is 12.1 Å². The molecule has 0 fully saturated rings. The Morgan fingerprint density at radius 1 is 0.926 bits per heavy atom. The van der Waals surface area contributed by atoms with Crippen LogP contribution in [0.1, 0.15) is 11.1 Å². The molecule has 0 aliphatic heterocycles. The van der Waals surface area contributed by atoms with Crippen LogP contribution in [0.2, 0.25) is 0 Å². The van der Waals surface area contributed by atoms with Gasteiger partial charge in [0.25, 0.3) is 0 Å². The fourth-order valence-electron chi connectivity index (χ4n) is 2.10. The smallest absolute Gasteiger partial charge is 0.274 e. The van der Waals surface area contributed by atoms with Crippen LogP contribution in [-0.2, 0) is 32.8 Å². The minimum absolute atomic E-state index is 0.105. The molecule has 6 nitrogen and oxygen atoms in total. The highest BCUT2D eigenvalue weighted by Crippen LogP contribution is 2.29. The van der Waals surface area contributed by atoms with Crippen LogP contribution in [0.15, 0.2) is 53.4 Å². The number of halogens is 3. The van der Waals surface area contributed by atoms with Crippen LogP contribution >= 0.6 is 0 Å². The molecule has 27 heavy (non-hydrogen) atoms. The molecule has 11 heteroatoms. The van der Waals surface area contributed by atoms with E-state index in [0.717, 1.165) is 22.7 Å². The van der Waals surface area contributed by atoms with Crippen molar-refractivity contribution in [2.24, 2.45) is 0 Å². The molecule has 2 rings (SSSR count). The first-order chi connectivity index (χ1) is 12.3. The molecule has 0 heterocycles. The molecule has 0 radical (unpaired) electrons. The predicted octanol–water partition coefficient (Wildman–Crippen LogP) is 2.58. The first-order valence-corrected chi connectivity index (χ1v) is 10.8. The standard InChI is InChI=1S/C16H17F3N2O4S2/c1-21(26(2,22)23)14-7-3-12(4-8-14)11-20-27(24,25)15-9-5-13(6-10-15)16(17,18)19/h3-10,20H,11H2,1-2H3. The monoisotopic (exact) mass is 422 g/mol. The molecule has 0 saturated carbocycles. The second-order valence-corrected chi connectivity index (χ2v) is 9.52. The number of alkyl halides is 3. The van der Waals surface area contributed by atoms with Crippen LogP contribution in [0.4, 0.5) is 18.9 Å². The number of hydrogen-bond acceptors (Lipinski definition) is 4. The van der Waals surface area contributed by atoms with Crippen molar-refractivity contribution in [1.29, 1.82) is 0 Å². The van der Waals surface area contributed by atoms with Crippen molar-refractivity contribution < 1.29 is 30.0 Å². The lowest BCUT2D eigenvalue weighted by Gasteiger charge is -2.16. The molecule has 0 aromatic heterocycles. The van der Waals surface area contributed by atoms with E-state index >= 15 is 0 Å². The van der Waals surface area contributed by atoms with E-state index in [2.05, 4.69) is 4.72 Å². The highest BCUT2D eigenvalue weighted by molar-refractivity contribution is 7.92. The Hall–Kier alpha value is -2.11. The van der Waals surface area contributed by atoms with Gasteiger partial charge < -0.3 is 0 Å². The number of sulfonamides is 2. The maximum Gasteiger partial charge on any atom is 0.416 e. The predicted molar refractivity (Wildman–Crippen MR) is 95.2 cm³/mol. The lowest BCUT2D eigenvalue weighted by Crippen LogP contribution is -2.25. The van der Waals surface area contributed by atoms with Crippen molar-refractivity contribution in [2.45, 2.75) is 17.6 Å². The van der Waals surface area contributed by atoms with E-state index in [0.29, 0.717) is 23.4 Å². The largest absolute Gasteiger partial charge is 0.416 e. The summed E-state index contributed by atoms with van der Waals surface area (Å²) in [5.74, 6) is 0. The highest BCUT2D eigenvalue weighted by Gasteiger charge is 2.30. The van der Waals surface area contributed by atoms with Crippen molar-refractivity contribution in [3.8, 4) is 0 Å². The van der Waals surface area contributed by atoms with Gasteiger partial charge in [0.1, 0.15) is 0 Å². The van der Waals surface area contributed by atoms with Crippen molar-refractivity contribution in [2.75, 3.05) is 17.6 Å². The van der Waals surface area contributed by atoms with E-state index in [4.69, 9.17) is 0 Å². The lowest BCUT2D eigenvalue weighted by molar-refractivity contribution is -0.137. The normalized spacial score (nSPS) is 12.8. The maximum absolute atomic E-state index is 12.5. The summed E-state index contributed by atoms with van der Waals surface area (Å²) < 4.78 is 88.3. The molecular formula is C16H17F3N2O4S2. The average Bonchev–Trinajstić information content (AvgIpc) is 2.58. The highest BCUT2D eigenvalue weighted by atomic mass is 32.2. The van der Waals surface area contributed by atoms with E-state index in [9.17, 15) is 30.0 Å². The van der Waals surface area contributed by atoms with Crippen molar-refractivity contribution in [3.05, 3.63) is 59.7 Å². The van der Waals surface area contributed by atoms with Crippen LogP contribution in [0.25, 0.3) is 0 Å². The SMILES string of the molecule is CN(c1ccc(CNS(=O)(=O)c2ccc(C(F)(F)F)cc2)cc1)S(C)(=O)=O. The zero-order valence-corrected chi connectivity index (χ0v) is 16.0. The van der Waals surface area contributed by atoms with Crippen LogP contribution in [0.5, 0.6) is 0 Å². The molecule has 2 aromatic carbocycles. The van der Waals surface area contributed by atoms with Crippen LogP contribution in [0.3, 0.4) is 0 Å². The molecule has 148 valence electrons. The first-order valence-electron chi connectivity index (χ1n) is 7.50. The summed E-state index contributed by atoms with van der Waals surface area (Å²) >= 11 is 0. The van der Waals surface area contributed by atoms with Gasteiger partial charge in [-0.05, 0) is 42.0 Å². The van der Waals surface area contributed by atoms with Crippen molar-refractivity contribution >= 4 is 25.7 Å². The van der Waals surface area contributed by atoms with Gasteiger partial charge in [-0.15, -0.1) is 0 Å². The molecule has 0 aliphatic rings. The summed E-state index contributed by atoms with van der Waals surface area (Å²) in [4.78, 5) is -0.288. The second kappa shape index (κ2) is 7.49. The molecule has 0 amide bonds. The average molecular weight is 422 g/mol. The summed E-state index contributed by atoms with van der Waals surface area (Å²) in [6.07, 6.45) is -3.49. The summed E-state index contributed by atoms with van der Waals surface area (Å²) in [6, 6.07) is 9.30. The molecule has 0 atom stereocenters. The zero-order valence-electron chi connectivity index (χ0n) is 14.4.